The summed E-state index contributed by atoms with van der Waals surface area (Å²) in [4.78, 5) is 11.8. The van der Waals surface area contributed by atoms with Crippen molar-refractivity contribution in [3.63, 3.8) is 0 Å². The molecule has 0 aliphatic carbocycles. The first-order valence-electron chi connectivity index (χ1n) is 7.55. The van der Waals surface area contributed by atoms with E-state index in [0.717, 1.165) is 12.1 Å². The van der Waals surface area contributed by atoms with Gasteiger partial charge in [-0.2, -0.15) is 0 Å². The molecule has 0 saturated carbocycles. The molecule has 22 heavy (non-hydrogen) atoms. The predicted octanol–water partition coefficient (Wildman–Crippen LogP) is 2.49. The molecule has 0 fully saturated rings. The Labute approximate surface area is 133 Å². The largest absolute Gasteiger partial charge is 0.493 e. The topological polar surface area (TPSA) is 59.6 Å². The van der Waals surface area contributed by atoms with Crippen LogP contribution in [0.5, 0.6) is 11.5 Å². The zero-order chi connectivity index (χ0) is 16.8. The van der Waals surface area contributed by atoms with E-state index in [4.69, 9.17) is 9.47 Å². The van der Waals surface area contributed by atoms with Gasteiger partial charge >= 0.3 is 0 Å². The van der Waals surface area contributed by atoms with Crippen LogP contribution >= 0.6 is 0 Å². The second-order valence-corrected chi connectivity index (χ2v) is 6.61. The minimum absolute atomic E-state index is 0.0305. The molecule has 0 bridgehead atoms. The number of amides is 1. The molecule has 0 unspecified atom stereocenters. The van der Waals surface area contributed by atoms with Gasteiger partial charge in [-0.3, -0.25) is 4.79 Å². The molecule has 1 aromatic rings. The number of hydrogen-bond acceptors (Lipinski definition) is 4. The molecule has 0 saturated heterocycles. The lowest BCUT2D eigenvalue weighted by molar-refractivity contribution is -0.124. The van der Waals surface area contributed by atoms with Gasteiger partial charge in [0.05, 0.1) is 7.11 Å². The number of methoxy groups -OCH3 is 1. The highest BCUT2D eigenvalue weighted by atomic mass is 16.5. The van der Waals surface area contributed by atoms with Gasteiger partial charge < -0.3 is 20.1 Å². The fourth-order valence-electron chi connectivity index (χ4n) is 1.86. The molecule has 0 aliphatic heterocycles. The zero-order valence-electron chi connectivity index (χ0n) is 14.4. The Morgan fingerprint density at radius 1 is 1.23 bits per heavy atom. The third-order valence-corrected chi connectivity index (χ3v) is 2.82. The molecule has 0 aromatic heterocycles. The van der Waals surface area contributed by atoms with Crippen molar-refractivity contribution in [2.45, 2.75) is 52.7 Å². The van der Waals surface area contributed by atoms with Gasteiger partial charge in [0.15, 0.2) is 18.1 Å². The van der Waals surface area contributed by atoms with E-state index < -0.39 is 0 Å². The fourth-order valence-corrected chi connectivity index (χ4v) is 1.86. The summed E-state index contributed by atoms with van der Waals surface area (Å²) >= 11 is 0. The van der Waals surface area contributed by atoms with Crippen LogP contribution in [-0.2, 0) is 11.3 Å². The minimum Gasteiger partial charge on any atom is -0.493 e. The summed E-state index contributed by atoms with van der Waals surface area (Å²) in [5.74, 6) is 1.05. The first-order chi connectivity index (χ1) is 10.2. The summed E-state index contributed by atoms with van der Waals surface area (Å²) in [5, 5.41) is 6.20. The summed E-state index contributed by atoms with van der Waals surface area (Å²) in [6.07, 6.45) is 0. The Hall–Kier alpha value is -1.75. The van der Waals surface area contributed by atoms with Crippen molar-refractivity contribution in [1.29, 1.82) is 0 Å². The van der Waals surface area contributed by atoms with E-state index in [2.05, 4.69) is 24.5 Å². The van der Waals surface area contributed by atoms with Crippen molar-refractivity contribution < 1.29 is 14.3 Å². The van der Waals surface area contributed by atoms with Crippen molar-refractivity contribution in [2.24, 2.45) is 0 Å². The van der Waals surface area contributed by atoms with Crippen LogP contribution in [0.1, 0.15) is 40.2 Å². The van der Waals surface area contributed by atoms with E-state index in [1.165, 1.54) is 0 Å². The number of carbonyl (C=O) groups is 1. The second-order valence-electron chi connectivity index (χ2n) is 6.61. The van der Waals surface area contributed by atoms with Gasteiger partial charge in [-0.25, -0.2) is 0 Å². The average Bonchev–Trinajstić information content (AvgIpc) is 2.41. The molecule has 0 heterocycles. The van der Waals surface area contributed by atoms with Gasteiger partial charge in [0.25, 0.3) is 5.91 Å². The minimum atomic E-state index is -0.267. The molecule has 2 N–H and O–H groups in total. The number of ether oxygens (including phenoxy) is 2. The highest BCUT2D eigenvalue weighted by molar-refractivity contribution is 5.78. The van der Waals surface area contributed by atoms with Gasteiger partial charge in [0, 0.05) is 18.1 Å². The van der Waals surface area contributed by atoms with Crippen LogP contribution in [0.3, 0.4) is 0 Å². The fraction of sp³-hybridized carbons (Fsp3) is 0.588. The average molecular weight is 308 g/mol. The standard InChI is InChI=1S/C17H28N2O3/c1-12(2)18-10-13-7-8-14(15(9-13)21-6)22-11-16(20)19-17(3,4)5/h7-9,12,18H,10-11H2,1-6H3,(H,19,20). The number of carbonyl (C=O) groups excluding carboxylic acids is 1. The first-order valence-corrected chi connectivity index (χ1v) is 7.55. The van der Waals surface area contributed by atoms with Crippen molar-refractivity contribution in [1.82, 2.24) is 10.6 Å². The molecule has 0 radical (unpaired) electrons. The van der Waals surface area contributed by atoms with Crippen molar-refractivity contribution in [2.75, 3.05) is 13.7 Å². The maximum absolute atomic E-state index is 11.8. The van der Waals surface area contributed by atoms with Gasteiger partial charge in [0.1, 0.15) is 0 Å². The Bertz CT molecular complexity index is 493. The number of nitrogens with one attached hydrogen (secondary N) is 2. The smallest absolute Gasteiger partial charge is 0.258 e. The lowest BCUT2D eigenvalue weighted by atomic mass is 10.1. The van der Waals surface area contributed by atoms with E-state index in [1.54, 1.807) is 7.11 Å². The van der Waals surface area contributed by atoms with Gasteiger partial charge in [-0.15, -0.1) is 0 Å². The Morgan fingerprint density at radius 2 is 1.91 bits per heavy atom. The van der Waals surface area contributed by atoms with E-state index in [0.29, 0.717) is 17.5 Å². The molecule has 124 valence electrons. The second kappa shape index (κ2) is 8.03. The van der Waals surface area contributed by atoms with E-state index >= 15 is 0 Å². The molecular formula is C17H28N2O3. The van der Waals surface area contributed by atoms with E-state index in [-0.39, 0.29) is 18.1 Å². The van der Waals surface area contributed by atoms with Gasteiger partial charge in [-0.1, -0.05) is 19.9 Å². The van der Waals surface area contributed by atoms with Crippen LogP contribution in [0.2, 0.25) is 0 Å². The third-order valence-electron chi connectivity index (χ3n) is 2.82. The number of hydrogen-bond donors (Lipinski definition) is 2. The molecule has 1 amide bonds. The molecule has 5 heteroatoms. The molecule has 0 atom stereocenters. The zero-order valence-corrected chi connectivity index (χ0v) is 14.4. The maximum atomic E-state index is 11.8. The molecule has 0 aliphatic rings. The number of benzene rings is 1. The molecule has 1 aromatic carbocycles. The van der Waals surface area contributed by atoms with E-state index in [1.807, 2.05) is 39.0 Å². The summed E-state index contributed by atoms with van der Waals surface area (Å²) in [5.41, 5.74) is 0.841. The highest BCUT2D eigenvalue weighted by Gasteiger charge is 2.15. The van der Waals surface area contributed by atoms with Crippen LogP contribution in [0.25, 0.3) is 0 Å². The van der Waals surface area contributed by atoms with Crippen molar-refractivity contribution in [3.05, 3.63) is 23.8 Å². The lowest BCUT2D eigenvalue weighted by Gasteiger charge is -2.20. The summed E-state index contributed by atoms with van der Waals surface area (Å²) in [7, 11) is 1.59. The SMILES string of the molecule is COc1cc(CNC(C)C)ccc1OCC(=O)NC(C)(C)C. The van der Waals surface area contributed by atoms with Gasteiger partial charge in [-0.05, 0) is 38.5 Å². The molecular weight excluding hydrogens is 280 g/mol. The first kappa shape index (κ1) is 18.3. The summed E-state index contributed by atoms with van der Waals surface area (Å²) in [6, 6.07) is 6.14. The van der Waals surface area contributed by atoms with Crippen molar-refractivity contribution in [3.8, 4) is 11.5 Å². The van der Waals surface area contributed by atoms with Crippen LogP contribution in [0, 0.1) is 0 Å². The normalized spacial score (nSPS) is 11.4. The van der Waals surface area contributed by atoms with Crippen molar-refractivity contribution >= 4 is 5.91 Å². The predicted molar refractivity (Wildman–Crippen MR) is 88.4 cm³/mol. The maximum Gasteiger partial charge on any atom is 0.258 e. The van der Waals surface area contributed by atoms with Crippen LogP contribution in [-0.4, -0.2) is 31.2 Å². The lowest BCUT2D eigenvalue weighted by Crippen LogP contribution is -2.43. The Kier molecular flexibility index (Phi) is 6.68. The third kappa shape index (κ3) is 6.80. The van der Waals surface area contributed by atoms with Crippen LogP contribution < -0.4 is 20.1 Å². The highest BCUT2D eigenvalue weighted by Crippen LogP contribution is 2.28. The van der Waals surface area contributed by atoms with Crippen LogP contribution in [0.15, 0.2) is 18.2 Å². The van der Waals surface area contributed by atoms with Gasteiger partial charge in [0.2, 0.25) is 0 Å². The molecule has 5 nitrogen and oxygen atoms in total. The Balaban J connectivity index is 2.65. The summed E-state index contributed by atoms with van der Waals surface area (Å²) in [6.45, 7) is 10.7. The summed E-state index contributed by atoms with van der Waals surface area (Å²) < 4.78 is 10.9. The monoisotopic (exact) mass is 308 g/mol. The Morgan fingerprint density at radius 3 is 2.45 bits per heavy atom. The van der Waals surface area contributed by atoms with E-state index in [9.17, 15) is 4.79 Å². The molecule has 0 spiro atoms. The molecule has 1 rings (SSSR count). The number of rotatable bonds is 7. The quantitative estimate of drug-likeness (QED) is 0.812. The van der Waals surface area contributed by atoms with Crippen LogP contribution in [0.4, 0.5) is 0 Å².